The molecule has 0 saturated carbocycles. The first kappa shape index (κ1) is 22.0. The largest absolute Gasteiger partial charge is 0.388 e. The Morgan fingerprint density at radius 3 is 2.72 bits per heavy atom. The summed E-state index contributed by atoms with van der Waals surface area (Å²) in [5.74, 6) is 0.793. The van der Waals surface area contributed by atoms with Crippen molar-refractivity contribution < 1.29 is 14.4 Å². The van der Waals surface area contributed by atoms with Crippen LogP contribution in [0.5, 0.6) is 0 Å². The quantitative estimate of drug-likeness (QED) is 0.767. The fourth-order valence-electron chi connectivity index (χ4n) is 4.07. The van der Waals surface area contributed by atoms with Crippen LogP contribution in [0.4, 0.5) is 0 Å². The molecular weight excluding hydrogens is 386 g/mol. The fraction of sp³-hybridized carbons (Fsp3) is 0.636. The van der Waals surface area contributed by atoms with Gasteiger partial charge in [-0.05, 0) is 44.1 Å². The topological polar surface area (TPSA) is 78.6 Å². The fourth-order valence-corrected chi connectivity index (χ4v) is 4.96. The number of likely N-dealkylation sites (tertiary alicyclic amines) is 1. The number of carbonyl (C=O) groups excluding carboxylic acids is 1. The Morgan fingerprint density at radius 2 is 2.17 bits per heavy atom. The molecule has 1 fully saturated rings. The van der Waals surface area contributed by atoms with Crippen molar-refractivity contribution >= 4 is 17.2 Å². The van der Waals surface area contributed by atoms with Gasteiger partial charge in [0.1, 0.15) is 5.76 Å². The number of rotatable bonds is 5. The van der Waals surface area contributed by atoms with Crippen molar-refractivity contribution in [2.45, 2.75) is 78.6 Å². The van der Waals surface area contributed by atoms with E-state index in [4.69, 9.17) is 4.52 Å². The maximum Gasteiger partial charge on any atom is 0.220 e. The van der Waals surface area contributed by atoms with E-state index in [-0.39, 0.29) is 17.4 Å². The average Bonchev–Trinajstić information content (AvgIpc) is 3.22. The maximum absolute atomic E-state index is 12.8. The van der Waals surface area contributed by atoms with Gasteiger partial charge in [-0.2, -0.15) is 0 Å². The molecule has 1 aliphatic rings. The third-order valence-electron chi connectivity index (χ3n) is 5.67. The summed E-state index contributed by atoms with van der Waals surface area (Å²) in [6.07, 6.45) is 0.999. The van der Waals surface area contributed by atoms with Crippen molar-refractivity contribution in [3.05, 3.63) is 39.4 Å². The van der Waals surface area contributed by atoms with Crippen LogP contribution in [0, 0.1) is 19.3 Å². The minimum atomic E-state index is -0.989. The molecule has 3 heterocycles. The first-order valence-electron chi connectivity index (χ1n) is 10.2. The summed E-state index contributed by atoms with van der Waals surface area (Å²) in [6, 6.07) is 3.59. The molecule has 29 heavy (non-hydrogen) atoms. The van der Waals surface area contributed by atoms with Crippen LogP contribution >= 0.6 is 11.3 Å². The van der Waals surface area contributed by atoms with Gasteiger partial charge in [-0.25, -0.2) is 0 Å². The van der Waals surface area contributed by atoms with Crippen molar-refractivity contribution in [2.75, 3.05) is 6.54 Å². The Labute approximate surface area is 177 Å². The number of aliphatic hydroxyl groups is 1. The van der Waals surface area contributed by atoms with Crippen molar-refractivity contribution in [3.8, 4) is 0 Å². The van der Waals surface area contributed by atoms with Gasteiger partial charge in [-0.1, -0.05) is 32.0 Å². The van der Waals surface area contributed by atoms with E-state index in [2.05, 4.69) is 21.4 Å². The standard InChI is InChI=1S/C22H33N3O3S/c1-14-16(15(2)28-24-14)13-25-10-9-22(6,27)20(19(25)17-8-7-11-29-17)23-18(26)12-21(3,4)5/h7-8,11,19-20,27H,9-10,12-13H2,1-6H3,(H,23,26). The van der Waals surface area contributed by atoms with Crippen LogP contribution in [0.25, 0.3) is 0 Å². The SMILES string of the molecule is Cc1noc(C)c1CN1CCC(C)(O)C(NC(=O)CC(C)(C)C)C1c1cccs1. The van der Waals surface area contributed by atoms with Crippen LogP contribution in [0.15, 0.2) is 22.0 Å². The molecule has 7 heteroatoms. The lowest BCUT2D eigenvalue weighted by molar-refractivity contribution is -0.130. The van der Waals surface area contributed by atoms with Gasteiger partial charge in [0.2, 0.25) is 5.91 Å². The van der Waals surface area contributed by atoms with Crippen LogP contribution in [-0.2, 0) is 11.3 Å². The van der Waals surface area contributed by atoms with E-state index in [1.54, 1.807) is 11.3 Å². The number of aryl methyl sites for hydroxylation is 2. The number of nitrogens with one attached hydrogen (secondary N) is 1. The smallest absolute Gasteiger partial charge is 0.220 e. The summed E-state index contributed by atoms with van der Waals surface area (Å²) in [4.78, 5) is 16.3. The predicted octanol–water partition coefficient (Wildman–Crippen LogP) is 3.97. The summed E-state index contributed by atoms with van der Waals surface area (Å²) < 4.78 is 5.36. The lowest BCUT2D eigenvalue weighted by atomic mass is 9.81. The lowest BCUT2D eigenvalue weighted by Gasteiger charge is -2.49. The molecular formula is C22H33N3O3S. The zero-order valence-electron chi connectivity index (χ0n) is 18.3. The molecule has 0 aliphatic carbocycles. The zero-order chi connectivity index (χ0) is 21.4. The number of hydrogen-bond donors (Lipinski definition) is 2. The van der Waals surface area contributed by atoms with Crippen molar-refractivity contribution in [1.82, 2.24) is 15.4 Å². The second-order valence-corrected chi connectivity index (χ2v) is 10.6. The molecule has 3 atom stereocenters. The first-order chi connectivity index (χ1) is 13.5. The minimum Gasteiger partial charge on any atom is -0.388 e. The number of nitrogens with zero attached hydrogens (tertiary/aromatic N) is 2. The van der Waals surface area contributed by atoms with Crippen LogP contribution in [0.1, 0.15) is 68.5 Å². The number of piperidine rings is 1. The third-order valence-corrected chi connectivity index (χ3v) is 6.61. The highest BCUT2D eigenvalue weighted by Gasteiger charge is 2.47. The van der Waals surface area contributed by atoms with Crippen LogP contribution < -0.4 is 5.32 Å². The Balaban J connectivity index is 1.93. The Bertz CT molecular complexity index is 817. The Morgan fingerprint density at radius 1 is 1.45 bits per heavy atom. The number of hydrogen-bond acceptors (Lipinski definition) is 6. The second-order valence-electron chi connectivity index (χ2n) is 9.62. The summed E-state index contributed by atoms with van der Waals surface area (Å²) >= 11 is 1.66. The van der Waals surface area contributed by atoms with E-state index >= 15 is 0 Å². The maximum atomic E-state index is 12.8. The van der Waals surface area contributed by atoms with Gasteiger partial charge in [0, 0.05) is 30.0 Å². The molecule has 3 rings (SSSR count). The van der Waals surface area contributed by atoms with Crippen molar-refractivity contribution in [1.29, 1.82) is 0 Å². The van der Waals surface area contributed by atoms with E-state index in [9.17, 15) is 9.90 Å². The third kappa shape index (κ3) is 5.08. The molecule has 0 bridgehead atoms. The molecule has 160 valence electrons. The van der Waals surface area contributed by atoms with Crippen LogP contribution in [0.3, 0.4) is 0 Å². The second kappa shape index (κ2) is 8.20. The summed E-state index contributed by atoms with van der Waals surface area (Å²) in [6.45, 7) is 13.3. The lowest BCUT2D eigenvalue weighted by Crippen LogP contribution is -2.62. The highest BCUT2D eigenvalue weighted by Crippen LogP contribution is 2.40. The molecule has 0 spiro atoms. The van der Waals surface area contributed by atoms with Crippen LogP contribution in [0.2, 0.25) is 0 Å². The Kier molecular flexibility index (Phi) is 6.22. The van der Waals surface area contributed by atoms with Gasteiger partial charge in [0.05, 0.1) is 23.4 Å². The van der Waals surface area contributed by atoms with Crippen molar-refractivity contribution in [3.63, 3.8) is 0 Å². The average molecular weight is 420 g/mol. The van der Waals surface area contributed by atoms with E-state index in [0.717, 1.165) is 28.4 Å². The molecule has 3 unspecified atom stereocenters. The number of carbonyl (C=O) groups is 1. The summed E-state index contributed by atoms with van der Waals surface area (Å²) in [7, 11) is 0. The molecule has 1 amide bonds. The molecule has 2 aromatic heterocycles. The summed E-state index contributed by atoms with van der Waals surface area (Å²) in [5.41, 5.74) is 0.863. The molecule has 6 nitrogen and oxygen atoms in total. The number of amides is 1. The predicted molar refractivity (Wildman–Crippen MR) is 115 cm³/mol. The van der Waals surface area contributed by atoms with Crippen molar-refractivity contribution in [2.24, 2.45) is 5.41 Å². The molecule has 1 saturated heterocycles. The number of aromatic nitrogens is 1. The van der Waals surface area contributed by atoms with Gasteiger partial charge >= 0.3 is 0 Å². The summed E-state index contributed by atoms with van der Waals surface area (Å²) in [5, 5.41) is 20.5. The zero-order valence-corrected chi connectivity index (χ0v) is 19.1. The molecule has 0 aromatic carbocycles. The van der Waals surface area contributed by atoms with Gasteiger partial charge < -0.3 is 14.9 Å². The minimum absolute atomic E-state index is 0.0245. The molecule has 2 N–H and O–H groups in total. The van der Waals surface area contributed by atoms with Gasteiger partial charge in [0.15, 0.2) is 0 Å². The normalized spacial score (nSPS) is 25.9. The van der Waals surface area contributed by atoms with Gasteiger partial charge in [-0.3, -0.25) is 9.69 Å². The number of thiophene rings is 1. The molecule has 1 aliphatic heterocycles. The van der Waals surface area contributed by atoms with E-state index in [1.807, 2.05) is 53.0 Å². The highest BCUT2D eigenvalue weighted by molar-refractivity contribution is 7.10. The Hall–Kier alpha value is -1.70. The van der Waals surface area contributed by atoms with Gasteiger partial charge in [-0.15, -0.1) is 11.3 Å². The first-order valence-corrected chi connectivity index (χ1v) is 11.1. The van der Waals surface area contributed by atoms with Gasteiger partial charge in [0.25, 0.3) is 0 Å². The van der Waals surface area contributed by atoms with E-state index in [0.29, 0.717) is 19.4 Å². The van der Waals surface area contributed by atoms with E-state index < -0.39 is 11.6 Å². The van der Waals surface area contributed by atoms with Crippen LogP contribution in [-0.4, -0.2) is 39.3 Å². The molecule has 0 radical (unpaired) electrons. The molecule has 2 aromatic rings. The van der Waals surface area contributed by atoms with E-state index in [1.165, 1.54) is 0 Å². The monoisotopic (exact) mass is 419 g/mol. The highest BCUT2D eigenvalue weighted by atomic mass is 32.1.